The Morgan fingerprint density at radius 2 is 2.22 bits per heavy atom. The van der Waals surface area contributed by atoms with Gasteiger partial charge in [-0.2, -0.15) is 0 Å². The molecule has 3 nitrogen and oxygen atoms in total. The van der Waals surface area contributed by atoms with Crippen molar-refractivity contribution in [3.63, 3.8) is 0 Å². The molecule has 122 valence electrons. The fourth-order valence-electron chi connectivity index (χ4n) is 4.37. The van der Waals surface area contributed by atoms with Crippen molar-refractivity contribution in [2.45, 2.75) is 44.2 Å². The van der Waals surface area contributed by atoms with E-state index < -0.39 is 5.60 Å². The van der Waals surface area contributed by atoms with Crippen molar-refractivity contribution >= 4 is 10.9 Å². The predicted molar refractivity (Wildman–Crippen MR) is 88.5 cm³/mol. The van der Waals surface area contributed by atoms with E-state index in [0.29, 0.717) is 12.5 Å². The molecular formula is C19H23FN2O. The van der Waals surface area contributed by atoms with E-state index in [0.717, 1.165) is 55.2 Å². The smallest absolute Gasteiger partial charge is 0.124 e. The Hall–Kier alpha value is -1.52. The summed E-state index contributed by atoms with van der Waals surface area (Å²) < 4.78 is 13.9. The van der Waals surface area contributed by atoms with Gasteiger partial charge in [-0.25, -0.2) is 4.39 Å². The molecule has 2 heterocycles. The second kappa shape index (κ2) is 5.84. The number of halogens is 1. The zero-order valence-electron chi connectivity index (χ0n) is 13.3. The predicted octanol–water partition coefficient (Wildman–Crippen LogP) is 3.50. The number of nitrogens with zero attached hydrogens (tertiary/aromatic N) is 2. The van der Waals surface area contributed by atoms with E-state index in [1.165, 1.54) is 6.42 Å². The Kier molecular flexibility index (Phi) is 3.82. The molecule has 0 radical (unpaired) electrons. The van der Waals surface area contributed by atoms with Crippen LogP contribution in [-0.2, 0) is 6.54 Å². The molecule has 1 saturated heterocycles. The van der Waals surface area contributed by atoms with Gasteiger partial charge in [0.2, 0.25) is 0 Å². The molecule has 23 heavy (non-hydrogen) atoms. The highest BCUT2D eigenvalue weighted by Crippen LogP contribution is 2.40. The Morgan fingerprint density at radius 3 is 3.13 bits per heavy atom. The highest BCUT2D eigenvalue weighted by Gasteiger charge is 2.42. The molecule has 1 N–H and O–H groups in total. The normalized spacial score (nSPS) is 28.7. The average molecular weight is 314 g/mol. The molecule has 2 aromatic rings. The molecule has 0 spiro atoms. The van der Waals surface area contributed by atoms with Crippen LogP contribution in [0.15, 0.2) is 30.5 Å². The summed E-state index contributed by atoms with van der Waals surface area (Å²) in [6.07, 6.45) is 7.00. The third-order valence-corrected chi connectivity index (χ3v) is 5.65. The van der Waals surface area contributed by atoms with Crippen molar-refractivity contribution < 1.29 is 9.50 Å². The molecule has 2 fully saturated rings. The fraction of sp³-hybridized carbons (Fsp3) is 0.526. The van der Waals surface area contributed by atoms with E-state index >= 15 is 0 Å². The molecule has 0 amide bonds. The number of hydrogen-bond donors (Lipinski definition) is 1. The first-order valence-electron chi connectivity index (χ1n) is 8.62. The van der Waals surface area contributed by atoms with Crippen LogP contribution < -0.4 is 0 Å². The van der Waals surface area contributed by atoms with Crippen LogP contribution in [-0.4, -0.2) is 33.7 Å². The van der Waals surface area contributed by atoms with Gasteiger partial charge in [0.1, 0.15) is 5.82 Å². The van der Waals surface area contributed by atoms with Gasteiger partial charge < -0.3 is 5.11 Å². The SMILES string of the molecule is OC12CCCCC1CN(Cc1cc(F)cc3cccnc13)CC2. The van der Waals surface area contributed by atoms with Crippen molar-refractivity contribution in [2.75, 3.05) is 13.1 Å². The highest BCUT2D eigenvalue weighted by atomic mass is 19.1. The molecule has 2 atom stereocenters. The lowest BCUT2D eigenvalue weighted by Gasteiger charge is -2.47. The molecule has 0 bridgehead atoms. The molecule has 4 rings (SSSR count). The second-order valence-electron chi connectivity index (χ2n) is 7.17. The lowest BCUT2D eigenvalue weighted by atomic mass is 9.71. The van der Waals surface area contributed by atoms with Crippen molar-refractivity contribution in [3.8, 4) is 0 Å². The van der Waals surface area contributed by atoms with E-state index in [4.69, 9.17) is 0 Å². The van der Waals surface area contributed by atoms with Crippen LogP contribution in [0.2, 0.25) is 0 Å². The molecule has 1 aliphatic carbocycles. The van der Waals surface area contributed by atoms with Gasteiger partial charge in [0, 0.05) is 37.1 Å². The Labute approximate surface area is 136 Å². The topological polar surface area (TPSA) is 36.4 Å². The second-order valence-corrected chi connectivity index (χ2v) is 7.17. The minimum atomic E-state index is -0.461. The quantitative estimate of drug-likeness (QED) is 0.921. The number of aliphatic hydroxyl groups is 1. The molecule has 1 aromatic heterocycles. The monoisotopic (exact) mass is 314 g/mol. The number of likely N-dealkylation sites (tertiary alicyclic amines) is 1. The number of piperidine rings is 1. The summed E-state index contributed by atoms with van der Waals surface area (Å²) in [6, 6.07) is 6.90. The van der Waals surface area contributed by atoms with Crippen LogP contribution in [0.5, 0.6) is 0 Å². The number of rotatable bonds is 2. The van der Waals surface area contributed by atoms with Gasteiger partial charge in [-0.15, -0.1) is 0 Å². The van der Waals surface area contributed by atoms with Crippen molar-refractivity contribution in [3.05, 3.63) is 41.8 Å². The number of fused-ring (bicyclic) bond motifs is 2. The summed E-state index contributed by atoms with van der Waals surface area (Å²) in [5.41, 5.74) is 1.37. The minimum absolute atomic E-state index is 0.202. The lowest BCUT2D eigenvalue weighted by Crippen LogP contribution is -2.52. The van der Waals surface area contributed by atoms with Crippen LogP contribution >= 0.6 is 0 Å². The van der Waals surface area contributed by atoms with Gasteiger partial charge in [0.25, 0.3) is 0 Å². The molecule has 1 aromatic carbocycles. The third kappa shape index (κ3) is 2.86. The molecule has 2 aliphatic rings. The van der Waals surface area contributed by atoms with E-state index in [1.807, 2.05) is 12.1 Å². The Balaban J connectivity index is 1.57. The van der Waals surface area contributed by atoms with Crippen LogP contribution in [0.1, 0.15) is 37.7 Å². The van der Waals surface area contributed by atoms with Crippen LogP contribution in [0.25, 0.3) is 10.9 Å². The largest absolute Gasteiger partial charge is 0.390 e. The summed E-state index contributed by atoms with van der Waals surface area (Å²) >= 11 is 0. The summed E-state index contributed by atoms with van der Waals surface area (Å²) in [5, 5.41) is 11.6. The maximum Gasteiger partial charge on any atom is 0.124 e. The zero-order chi connectivity index (χ0) is 15.9. The van der Waals surface area contributed by atoms with Crippen molar-refractivity contribution in [1.82, 2.24) is 9.88 Å². The standard InChI is InChI=1S/C19H23FN2O/c20-17-10-14-4-3-8-21-18(14)15(11-17)12-22-9-7-19(23)6-2-1-5-16(19)13-22/h3-4,8,10-11,16,23H,1-2,5-7,9,12-13H2. The van der Waals surface area contributed by atoms with E-state index in [2.05, 4.69) is 9.88 Å². The van der Waals surface area contributed by atoms with Gasteiger partial charge in [0.05, 0.1) is 11.1 Å². The third-order valence-electron chi connectivity index (χ3n) is 5.65. The van der Waals surface area contributed by atoms with E-state index in [9.17, 15) is 9.50 Å². The molecular weight excluding hydrogens is 291 g/mol. The maximum absolute atomic E-state index is 13.9. The highest BCUT2D eigenvalue weighted by molar-refractivity contribution is 5.81. The Morgan fingerprint density at radius 1 is 1.30 bits per heavy atom. The zero-order valence-corrected chi connectivity index (χ0v) is 13.3. The molecule has 2 unspecified atom stereocenters. The van der Waals surface area contributed by atoms with Crippen LogP contribution in [0.3, 0.4) is 0 Å². The van der Waals surface area contributed by atoms with Gasteiger partial charge in [0.15, 0.2) is 0 Å². The fourth-order valence-corrected chi connectivity index (χ4v) is 4.37. The van der Waals surface area contributed by atoms with Crippen molar-refractivity contribution in [1.29, 1.82) is 0 Å². The van der Waals surface area contributed by atoms with Gasteiger partial charge in [-0.1, -0.05) is 18.9 Å². The van der Waals surface area contributed by atoms with E-state index in [-0.39, 0.29) is 5.82 Å². The summed E-state index contributed by atoms with van der Waals surface area (Å²) in [4.78, 5) is 6.79. The molecule has 1 saturated carbocycles. The van der Waals surface area contributed by atoms with Gasteiger partial charge >= 0.3 is 0 Å². The summed E-state index contributed by atoms with van der Waals surface area (Å²) in [6.45, 7) is 2.48. The maximum atomic E-state index is 13.9. The first-order chi connectivity index (χ1) is 11.1. The molecule has 4 heteroatoms. The molecule has 1 aliphatic heterocycles. The average Bonchev–Trinajstić information content (AvgIpc) is 2.55. The van der Waals surface area contributed by atoms with Gasteiger partial charge in [-0.05, 0) is 43.0 Å². The summed E-state index contributed by atoms with van der Waals surface area (Å²) in [7, 11) is 0. The van der Waals surface area contributed by atoms with Crippen LogP contribution in [0, 0.1) is 11.7 Å². The van der Waals surface area contributed by atoms with Crippen LogP contribution in [0.4, 0.5) is 4.39 Å². The van der Waals surface area contributed by atoms with E-state index in [1.54, 1.807) is 18.3 Å². The Bertz CT molecular complexity index is 720. The first-order valence-corrected chi connectivity index (χ1v) is 8.62. The number of pyridine rings is 1. The number of hydrogen-bond acceptors (Lipinski definition) is 3. The lowest BCUT2D eigenvalue weighted by molar-refractivity contribution is -0.0967. The van der Waals surface area contributed by atoms with Crippen molar-refractivity contribution in [2.24, 2.45) is 5.92 Å². The summed E-state index contributed by atoms with van der Waals surface area (Å²) in [5.74, 6) is 0.157. The number of benzene rings is 1. The minimum Gasteiger partial charge on any atom is -0.390 e. The first kappa shape index (κ1) is 15.0. The number of aromatic nitrogens is 1. The van der Waals surface area contributed by atoms with Gasteiger partial charge in [-0.3, -0.25) is 9.88 Å².